The summed E-state index contributed by atoms with van der Waals surface area (Å²) >= 11 is 3.57. The average Bonchev–Trinajstić information content (AvgIpc) is 2.75. The summed E-state index contributed by atoms with van der Waals surface area (Å²) in [5, 5.41) is 8.96. The van der Waals surface area contributed by atoms with Gasteiger partial charge in [-0.2, -0.15) is 0 Å². The van der Waals surface area contributed by atoms with E-state index in [2.05, 4.69) is 25.8 Å². The lowest BCUT2D eigenvalue weighted by molar-refractivity contribution is 0.263. The molecule has 0 radical (unpaired) electrons. The molecule has 0 aromatic carbocycles. The van der Waals surface area contributed by atoms with Crippen molar-refractivity contribution in [2.75, 3.05) is 30.3 Å². The predicted molar refractivity (Wildman–Crippen MR) is 73.1 cm³/mol. The van der Waals surface area contributed by atoms with E-state index in [9.17, 15) is 0 Å². The van der Waals surface area contributed by atoms with Crippen molar-refractivity contribution in [2.24, 2.45) is 5.92 Å². The molecule has 1 aromatic heterocycles. The van der Waals surface area contributed by atoms with E-state index in [1.165, 1.54) is 0 Å². The van der Waals surface area contributed by atoms with Crippen LogP contribution in [0.4, 0.5) is 11.5 Å². The third kappa shape index (κ3) is 2.55. The summed E-state index contributed by atoms with van der Waals surface area (Å²) in [5.41, 5.74) is 7.58. The third-order valence-electron chi connectivity index (χ3n) is 3.41. The number of hydrogen-bond acceptors (Lipinski definition) is 4. The van der Waals surface area contributed by atoms with E-state index in [1.807, 2.05) is 6.92 Å². The zero-order valence-corrected chi connectivity index (χ0v) is 11.6. The highest BCUT2D eigenvalue weighted by Crippen LogP contribution is 2.33. The Labute approximate surface area is 110 Å². The Hall–Kier alpha value is -0.810. The largest absolute Gasteiger partial charge is 0.397 e. The van der Waals surface area contributed by atoms with Gasteiger partial charge >= 0.3 is 0 Å². The van der Waals surface area contributed by atoms with Crippen LogP contribution in [0.1, 0.15) is 18.4 Å². The van der Waals surface area contributed by atoms with E-state index in [4.69, 9.17) is 10.8 Å². The molecule has 0 amide bonds. The Balaban J connectivity index is 2.16. The van der Waals surface area contributed by atoms with Crippen molar-refractivity contribution in [1.82, 2.24) is 4.98 Å². The van der Waals surface area contributed by atoms with Gasteiger partial charge in [-0.3, -0.25) is 0 Å². The molecule has 1 aliphatic rings. The minimum Gasteiger partial charge on any atom is -0.397 e. The Morgan fingerprint density at radius 1 is 1.65 bits per heavy atom. The maximum absolute atomic E-state index is 8.96. The summed E-state index contributed by atoms with van der Waals surface area (Å²) in [6.45, 7) is 4.23. The first-order valence-corrected chi connectivity index (χ1v) is 6.69. The molecule has 2 rings (SSSR count). The van der Waals surface area contributed by atoms with E-state index in [0.29, 0.717) is 11.6 Å². The molecule has 0 bridgehead atoms. The number of hydrogen-bond donors (Lipinski definition) is 2. The lowest BCUT2D eigenvalue weighted by atomic mass is 10.1. The van der Waals surface area contributed by atoms with Gasteiger partial charge in [0.05, 0.1) is 16.4 Å². The highest BCUT2D eigenvalue weighted by Gasteiger charge is 2.25. The summed E-state index contributed by atoms with van der Waals surface area (Å²) in [5.74, 6) is 1.55. The molecule has 2 heterocycles. The quantitative estimate of drug-likeness (QED) is 0.895. The normalized spacial score (nSPS) is 19.9. The third-order valence-corrected chi connectivity index (χ3v) is 4.36. The molecule has 5 heteroatoms. The minimum atomic E-state index is 0.272. The van der Waals surface area contributed by atoms with Crippen molar-refractivity contribution in [3.05, 3.63) is 16.2 Å². The van der Waals surface area contributed by atoms with Crippen molar-refractivity contribution >= 4 is 27.4 Å². The van der Waals surface area contributed by atoms with Crippen LogP contribution in [0.25, 0.3) is 0 Å². The van der Waals surface area contributed by atoms with Gasteiger partial charge in [-0.25, -0.2) is 4.98 Å². The van der Waals surface area contributed by atoms with Crippen LogP contribution in [-0.4, -0.2) is 29.8 Å². The van der Waals surface area contributed by atoms with Crippen molar-refractivity contribution in [3.8, 4) is 0 Å². The highest BCUT2D eigenvalue weighted by atomic mass is 79.9. The van der Waals surface area contributed by atoms with Crippen LogP contribution in [0.5, 0.6) is 0 Å². The highest BCUT2D eigenvalue weighted by molar-refractivity contribution is 9.10. The number of aliphatic hydroxyl groups is 1. The van der Waals surface area contributed by atoms with Crippen molar-refractivity contribution in [1.29, 1.82) is 0 Å². The van der Waals surface area contributed by atoms with Gasteiger partial charge in [0, 0.05) is 19.7 Å². The van der Waals surface area contributed by atoms with Gasteiger partial charge in [-0.1, -0.05) is 0 Å². The standard InChI is InChI=1S/C12H18BrN3O/c1-8-10(14)6-15-12(11(8)13)16-4-2-9(7-16)3-5-17/h6,9,17H,2-5,7,14H2,1H3. The fourth-order valence-corrected chi connectivity index (χ4v) is 2.82. The molecule has 1 aromatic rings. The van der Waals surface area contributed by atoms with E-state index < -0.39 is 0 Å². The first kappa shape index (κ1) is 12.6. The Kier molecular flexibility index (Phi) is 3.89. The smallest absolute Gasteiger partial charge is 0.143 e. The Bertz CT molecular complexity index is 411. The van der Waals surface area contributed by atoms with Crippen LogP contribution in [-0.2, 0) is 0 Å². The topological polar surface area (TPSA) is 62.4 Å². The van der Waals surface area contributed by atoms with Crippen LogP contribution in [0.15, 0.2) is 10.7 Å². The second kappa shape index (κ2) is 5.23. The second-order valence-corrected chi connectivity index (χ2v) is 5.38. The fourth-order valence-electron chi connectivity index (χ4n) is 2.24. The number of aliphatic hydroxyl groups excluding tert-OH is 1. The van der Waals surface area contributed by atoms with E-state index in [1.54, 1.807) is 6.20 Å². The number of nitrogens with two attached hydrogens (primary N) is 1. The summed E-state index contributed by atoms with van der Waals surface area (Å²) in [6, 6.07) is 0. The number of rotatable bonds is 3. The van der Waals surface area contributed by atoms with Gasteiger partial charge in [-0.15, -0.1) is 0 Å². The lowest BCUT2D eigenvalue weighted by Crippen LogP contribution is -2.22. The van der Waals surface area contributed by atoms with Crippen LogP contribution in [0.2, 0.25) is 0 Å². The molecule has 1 atom stereocenters. The van der Waals surface area contributed by atoms with Gasteiger partial charge in [0.2, 0.25) is 0 Å². The van der Waals surface area contributed by atoms with Crippen LogP contribution in [0, 0.1) is 12.8 Å². The average molecular weight is 300 g/mol. The monoisotopic (exact) mass is 299 g/mol. The molecule has 0 saturated carbocycles. The van der Waals surface area contributed by atoms with E-state index in [-0.39, 0.29) is 6.61 Å². The molecule has 0 aliphatic carbocycles. The number of nitrogen functional groups attached to an aromatic ring is 1. The zero-order valence-electron chi connectivity index (χ0n) is 9.99. The molecular weight excluding hydrogens is 282 g/mol. The number of halogens is 1. The molecule has 1 saturated heterocycles. The molecule has 17 heavy (non-hydrogen) atoms. The van der Waals surface area contributed by atoms with Crippen molar-refractivity contribution in [2.45, 2.75) is 19.8 Å². The van der Waals surface area contributed by atoms with E-state index >= 15 is 0 Å². The first-order chi connectivity index (χ1) is 8.13. The summed E-state index contributed by atoms with van der Waals surface area (Å²) < 4.78 is 0.988. The number of pyridine rings is 1. The van der Waals surface area contributed by atoms with Crippen molar-refractivity contribution < 1.29 is 5.11 Å². The molecular formula is C12H18BrN3O. The molecule has 94 valence electrons. The lowest BCUT2D eigenvalue weighted by Gasteiger charge is -2.20. The van der Waals surface area contributed by atoms with Gasteiger partial charge in [0.15, 0.2) is 0 Å². The molecule has 4 nitrogen and oxygen atoms in total. The first-order valence-electron chi connectivity index (χ1n) is 5.90. The Morgan fingerprint density at radius 3 is 3.12 bits per heavy atom. The molecule has 1 unspecified atom stereocenters. The maximum Gasteiger partial charge on any atom is 0.143 e. The Morgan fingerprint density at radius 2 is 2.41 bits per heavy atom. The fraction of sp³-hybridized carbons (Fsp3) is 0.583. The van der Waals surface area contributed by atoms with Crippen LogP contribution < -0.4 is 10.6 Å². The second-order valence-electron chi connectivity index (χ2n) is 4.59. The van der Waals surface area contributed by atoms with Gasteiger partial charge < -0.3 is 15.7 Å². The summed E-state index contributed by atoms with van der Waals surface area (Å²) in [6.07, 6.45) is 3.72. The van der Waals surface area contributed by atoms with Gasteiger partial charge in [0.1, 0.15) is 5.82 Å². The number of nitrogens with zero attached hydrogens (tertiary/aromatic N) is 2. The van der Waals surface area contributed by atoms with Gasteiger partial charge in [-0.05, 0) is 47.2 Å². The summed E-state index contributed by atoms with van der Waals surface area (Å²) in [7, 11) is 0. The molecule has 1 fully saturated rings. The summed E-state index contributed by atoms with van der Waals surface area (Å²) in [4.78, 5) is 6.67. The molecule has 3 N–H and O–H groups in total. The minimum absolute atomic E-state index is 0.272. The molecule has 1 aliphatic heterocycles. The maximum atomic E-state index is 8.96. The van der Waals surface area contributed by atoms with Crippen molar-refractivity contribution in [3.63, 3.8) is 0 Å². The van der Waals surface area contributed by atoms with Crippen LogP contribution >= 0.6 is 15.9 Å². The molecule has 0 spiro atoms. The number of aromatic nitrogens is 1. The number of anilines is 2. The SMILES string of the molecule is Cc1c(N)cnc(N2CCC(CCO)C2)c1Br. The van der Waals surface area contributed by atoms with Gasteiger partial charge in [0.25, 0.3) is 0 Å². The van der Waals surface area contributed by atoms with E-state index in [0.717, 1.165) is 41.8 Å². The predicted octanol–water partition coefficient (Wildman–Crippen LogP) is 1.94. The zero-order chi connectivity index (χ0) is 12.4. The van der Waals surface area contributed by atoms with Crippen LogP contribution in [0.3, 0.4) is 0 Å².